The number of hydrogen-bond donors (Lipinski definition) is 2. The zero-order chi connectivity index (χ0) is 24.6. The zero-order valence-corrected chi connectivity index (χ0v) is 19.4. The largest absolute Gasteiger partial charge is 0.487 e. The highest BCUT2D eigenvalue weighted by molar-refractivity contribution is 5.94. The number of fused-ring (bicyclic) bond motifs is 2. The van der Waals surface area contributed by atoms with E-state index in [4.69, 9.17) is 19.1 Å². The van der Waals surface area contributed by atoms with Crippen molar-refractivity contribution in [3.05, 3.63) is 97.3 Å². The minimum atomic E-state index is 0.464. The van der Waals surface area contributed by atoms with Gasteiger partial charge in [0.05, 0.1) is 29.9 Å². The lowest BCUT2D eigenvalue weighted by Gasteiger charge is -2.08. The minimum Gasteiger partial charge on any atom is -0.487 e. The summed E-state index contributed by atoms with van der Waals surface area (Å²) in [7, 11) is 0. The fourth-order valence-electron chi connectivity index (χ4n) is 4.28. The molecule has 0 bridgehead atoms. The number of H-pyrrole nitrogens is 2. The monoisotopic (exact) mass is 485 g/mol. The SMILES string of the molecule is c1ccc(COc2cncc(-c3ccc4[nH]nc(-c5nc6c(-c7ccoc7)ccnc6[nH]5)c4n3)c2)cc1. The third kappa shape index (κ3) is 3.88. The van der Waals surface area contributed by atoms with E-state index in [0.717, 1.165) is 39.0 Å². The van der Waals surface area contributed by atoms with Crippen molar-refractivity contribution >= 4 is 22.2 Å². The third-order valence-corrected chi connectivity index (χ3v) is 6.11. The van der Waals surface area contributed by atoms with Gasteiger partial charge in [0.1, 0.15) is 23.4 Å². The molecule has 9 heteroatoms. The van der Waals surface area contributed by atoms with Crippen LogP contribution in [0.15, 0.2) is 96.2 Å². The van der Waals surface area contributed by atoms with Crippen molar-refractivity contribution in [1.29, 1.82) is 0 Å². The van der Waals surface area contributed by atoms with Crippen molar-refractivity contribution in [2.75, 3.05) is 0 Å². The number of benzene rings is 1. The number of nitrogens with one attached hydrogen (secondary N) is 2. The summed E-state index contributed by atoms with van der Waals surface area (Å²) in [5.74, 6) is 1.25. The topological polar surface area (TPSA) is 118 Å². The molecule has 0 aliphatic heterocycles. The summed E-state index contributed by atoms with van der Waals surface area (Å²) in [6.07, 6.45) is 8.54. The first-order chi connectivity index (χ1) is 18.3. The summed E-state index contributed by atoms with van der Waals surface area (Å²) >= 11 is 0. The average molecular weight is 486 g/mol. The van der Waals surface area contributed by atoms with Crippen LogP contribution in [0.4, 0.5) is 0 Å². The minimum absolute atomic E-state index is 0.464. The number of aromatic nitrogens is 7. The van der Waals surface area contributed by atoms with Crippen molar-refractivity contribution in [3.8, 4) is 39.7 Å². The molecule has 0 spiro atoms. The van der Waals surface area contributed by atoms with Gasteiger partial charge >= 0.3 is 0 Å². The lowest BCUT2D eigenvalue weighted by molar-refractivity contribution is 0.305. The van der Waals surface area contributed by atoms with E-state index in [9.17, 15) is 0 Å². The number of aromatic amines is 2. The summed E-state index contributed by atoms with van der Waals surface area (Å²) in [6, 6.07) is 19.6. The Morgan fingerprint density at radius 1 is 0.892 bits per heavy atom. The quantitative estimate of drug-likeness (QED) is 0.306. The van der Waals surface area contributed by atoms with Crippen LogP contribution in [-0.4, -0.2) is 35.1 Å². The standard InChI is InChI=1S/C28H19N7O2/c1-2-4-17(5-3-1)15-37-20-12-19(13-29-14-20)22-6-7-23-25(31-22)26(35-34-23)28-32-24-21(18-9-11-36-16-18)8-10-30-27(24)33-28/h1-14,16H,15H2,(H,34,35)(H,30,32,33). The number of pyridine rings is 3. The van der Waals surface area contributed by atoms with Crippen molar-refractivity contribution in [2.24, 2.45) is 0 Å². The third-order valence-electron chi connectivity index (χ3n) is 6.11. The number of ether oxygens (including phenoxy) is 1. The molecule has 37 heavy (non-hydrogen) atoms. The van der Waals surface area contributed by atoms with Gasteiger partial charge in [0.2, 0.25) is 0 Å². The first-order valence-electron chi connectivity index (χ1n) is 11.7. The number of rotatable bonds is 6. The Labute approximate surface area is 210 Å². The lowest BCUT2D eigenvalue weighted by atomic mass is 10.1. The maximum Gasteiger partial charge on any atom is 0.162 e. The van der Waals surface area contributed by atoms with Gasteiger partial charge in [-0.1, -0.05) is 30.3 Å². The first kappa shape index (κ1) is 21.0. The molecule has 1 aromatic carbocycles. The molecule has 0 unspecified atom stereocenters. The van der Waals surface area contributed by atoms with Gasteiger partial charge in [-0.15, -0.1) is 0 Å². The van der Waals surface area contributed by atoms with Gasteiger partial charge in [-0.05, 0) is 35.9 Å². The Kier molecular flexibility index (Phi) is 4.95. The smallest absolute Gasteiger partial charge is 0.162 e. The Hall–Kier alpha value is -5.31. The molecule has 0 aliphatic rings. The second-order valence-corrected chi connectivity index (χ2v) is 8.50. The molecule has 0 radical (unpaired) electrons. The van der Waals surface area contributed by atoms with E-state index in [1.165, 1.54) is 0 Å². The highest BCUT2D eigenvalue weighted by Crippen LogP contribution is 2.31. The van der Waals surface area contributed by atoms with Crippen LogP contribution in [0.1, 0.15) is 5.56 Å². The predicted molar refractivity (Wildman–Crippen MR) is 138 cm³/mol. The van der Waals surface area contributed by atoms with Gasteiger partial charge in [-0.2, -0.15) is 5.10 Å². The molecule has 7 aromatic rings. The van der Waals surface area contributed by atoms with Crippen molar-refractivity contribution < 1.29 is 9.15 Å². The molecule has 178 valence electrons. The highest BCUT2D eigenvalue weighted by atomic mass is 16.5. The molecule has 0 aliphatic carbocycles. The van der Waals surface area contributed by atoms with Crippen LogP contribution >= 0.6 is 0 Å². The molecule has 0 saturated carbocycles. The van der Waals surface area contributed by atoms with E-state index < -0.39 is 0 Å². The molecule has 7 rings (SSSR count). The number of nitrogens with zero attached hydrogens (tertiary/aromatic N) is 5. The maximum atomic E-state index is 5.96. The summed E-state index contributed by atoms with van der Waals surface area (Å²) in [6.45, 7) is 0.464. The molecular formula is C28H19N7O2. The van der Waals surface area contributed by atoms with Crippen molar-refractivity contribution in [1.82, 2.24) is 35.1 Å². The Morgan fingerprint density at radius 3 is 2.73 bits per heavy atom. The van der Waals surface area contributed by atoms with E-state index in [1.54, 1.807) is 31.1 Å². The summed E-state index contributed by atoms with van der Waals surface area (Å²) in [4.78, 5) is 21.8. The molecule has 0 amide bonds. The second kappa shape index (κ2) is 8.72. The second-order valence-electron chi connectivity index (χ2n) is 8.50. The van der Waals surface area contributed by atoms with Gasteiger partial charge in [-0.25, -0.2) is 15.0 Å². The molecule has 0 saturated heterocycles. The van der Waals surface area contributed by atoms with Gasteiger partial charge in [-0.3, -0.25) is 10.1 Å². The van der Waals surface area contributed by atoms with Crippen molar-refractivity contribution in [2.45, 2.75) is 6.61 Å². The number of furan rings is 1. The molecule has 2 N–H and O–H groups in total. The normalized spacial score (nSPS) is 11.4. The van der Waals surface area contributed by atoms with E-state index in [2.05, 4.69) is 25.1 Å². The molecule has 0 fully saturated rings. The molecule has 9 nitrogen and oxygen atoms in total. The zero-order valence-electron chi connectivity index (χ0n) is 19.4. The molecule has 0 atom stereocenters. The van der Waals surface area contributed by atoms with Gasteiger partial charge < -0.3 is 14.1 Å². The van der Waals surface area contributed by atoms with Crippen LogP contribution in [0.25, 0.3) is 56.1 Å². The van der Waals surface area contributed by atoms with Crippen LogP contribution in [0, 0.1) is 0 Å². The first-order valence-corrected chi connectivity index (χ1v) is 11.7. The fraction of sp³-hybridized carbons (Fsp3) is 0.0357. The number of hydrogen-bond acceptors (Lipinski definition) is 7. The predicted octanol–water partition coefficient (Wildman–Crippen LogP) is 5.80. The van der Waals surface area contributed by atoms with E-state index in [0.29, 0.717) is 35.0 Å². The fourth-order valence-corrected chi connectivity index (χ4v) is 4.28. The Balaban J connectivity index is 1.24. The van der Waals surface area contributed by atoms with Crippen LogP contribution in [0.3, 0.4) is 0 Å². The molecular weight excluding hydrogens is 466 g/mol. The molecule has 6 heterocycles. The summed E-state index contributed by atoms with van der Waals surface area (Å²) in [5, 5.41) is 7.55. The van der Waals surface area contributed by atoms with E-state index >= 15 is 0 Å². The van der Waals surface area contributed by atoms with Gasteiger partial charge in [0.15, 0.2) is 17.2 Å². The highest BCUT2D eigenvalue weighted by Gasteiger charge is 2.18. The van der Waals surface area contributed by atoms with Gasteiger partial charge in [0.25, 0.3) is 0 Å². The molecule has 6 aromatic heterocycles. The summed E-state index contributed by atoms with van der Waals surface area (Å²) in [5.41, 5.74) is 8.03. The summed E-state index contributed by atoms with van der Waals surface area (Å²) < 4.78 is 11.2. The van der Waals surface area contributed by atoms with Crippen molar-refractivity contribution in [3.63, 3.8) is 0 Å². The maximum absolute atomic E-state index is 5.96. The van der Waals surface area contributed by atoms with Crippen LogP contribution in [-0.2, 0) is 6.61 Å². The Morgan fingerprint density at radius 2 is 1.84 bits per heavy atom. The Bertz CT molecular complexity index is 1840. The van der Waals surface area contributed by atoms with Crippen LogP contribution in [0.2, 0.25) is 0 Å². The van der Waals surface area contributed by atoms with E-state index in [-0.39, 0.29) is 0 Å². The lowest BCUT2D eigenvalue weighted by Crippen LogP contribution is -1.96. The van der Waals surface area contributed by atoms with Gasteiger partial charge in [0, 0.05) is 29.1 Å². The average Bonchev–Trinajstić information content (AvgIpc) is 3.71. The number of imidazole rings is 1. The van der Waals surface area contributed by atoms with Crippen LogP contribution in [0.5, 0.6) is 5.75 Å². The van der Waals surface area contributed by atoms with E-state index in [1.807, 2.05) is 60.7 Å². The van der Waals surface area contributed by atoms with Crippen LogP contribution < -0.4 is 4.74 Å².